The molecule has 0 radical (unpaired) electrons. The molecule has 0 aliphatic carbocycles. The van der Waals surface area contributed by atoms with Crippen molar-refractivity contribution in [3.05, 3.63) is 88.3 Å². The number of benzene rings is 2. The van der Waals surface area contributed by atoms with Crippen LogP contribution < -0.4 is 20.9 Å². The van der Waals surface area contributed by atoms with Crippen LogP contribution in [0.4, 0.5) is 37.7 Å². The van der Waals surface area contributed by atoms with Crippen LogP contribution in [0.1, 0.15) is 15.9 Å². The first kappa shape index (κ1) is 24.7. The summed E-state index contributed by atoms with van der Waals surface area (Å²) in [6.07, 6.45) is -13.7. The quantitative estimate of drug-likeness (QED) is 0.406. The highest BCUT2D eigenvalue weighted by Gasteiger charge is 2.59. The third-order valence-corrected chi connectivity index (χ3v) is 4.46. The monoisotopic (exact) mass is 485 g/mol. The van der Waals surface area contributed by atoms with E-state index < -0.39 is 30.1 Å². The molecule has 3 aromatic rings. The van der Waals surface area contributed by atoms with Gasteiger partial charge in [0.15, 0.2) is 0 Å². The molecule has 0 unspecified atom stereocenters. The maximum Gasteiger partial charge on any atom is 0.434 e. The van der Waals surface area contributed by atoms with Gasteiger partial charge < -0.3 is 20.4 Å². The van der Waals surface area contributed by atoms with Crippen molar-refractivity contribution in [2.75, 3.05) is 10.6 Å². The van der Waals surface area contributed by atoms with E-state index in [-0.39, 0.29) is 16.8 Å². The van der Waals surface area contributed by atoms with E-state index >= 15 is 0 Å². The SMILES string of the molecule is O=C(Nc1ccc(OC(C(F)(F)F)C(F)(F)F)cc1)c1ccccc1NCc1ccc(=O)[nH]c1. The van der Waals surface area contributed by atoms with E-state index in [2.05, 4.69) is 20.4 Å². The number of amides is 1. The van der Waals surface area contributed by atoms with Crippen LogP contribution in [0.2, 0.25) is 0 Å². The Bertz CT molecular complexity index is 1160. The standard InChI is InChI=1S/C22H17F6N3O3/c23-21(24,25)20(22(26,27)28)34-15-8-6-14(7-9-15)31-19(33)16-3-1-2-4-17(16)29-11-13-5-10-18(32)30-12-13/h1-10,12,20,29H,11H2,(H,30,32)(H,31,33). The molecule has 0 atom stereocenters. The van der Waals surface area contributed by atoms with Crippen molar-refractivity contribution in [2.24, 2.45) is 0 Å². The third-order valence-electron chi connectivity index (χ3n) is 4.46. The van der Waals surface area contributed by atoms with E-state index in [1.807, 2.05) is 0 Å². The topological polar surface area (TPSA) is 83.2 Å². The molecule has 2 aromatic carbocycles. The predicted molar refractivity (Wildman–Crippen MR) is 112 cm³/mol. The van der Waals surface area contributed by atoms with Gasteiger partial charge in [-0.25, -0.2) is 0 Å². The van der Waals surface area contributed by atoms with Crippen molar-refractivity contribution < 1.29 is 35.9 Å². The van der Waals surface area contributed by atoms with Crippen molar-refractivity contribution in [1.82, 2.24) is 4.98 Å². The number of ether oxygens (including phenoxy) is 1. The first-order chi connectivity index (χ1) is 15.9. The summed E-state index contributed by atoms with van der Waals surface area (Å²) in [5, 5.41) is 5.58. The molecule has 12 heteroatoms. The van der Waals surface area contributed by atoms with Crippen molar-refractivity contribution >= 4 is 17.3 Å². The van der Waals surface area contributed by atoms with Crippen LogP contribution in [-0.4, -0.2) is 29.3 Å². The highest BCUT2D eigenvalue weighted by atomic mass is 19.4. The first-order valence-electron chi connectivity index (χ1n) is 9.65. The second-order valence-electron chi connectivity index (χ2n) is 7.02. The van der Waals surface area contributed by atoms with Crippen LogP contribution >= 0.6 is 0 Å². The van der Waals surface area contributed by atoms with Crippen LogP contribution in [0.5, 0.6) is 5.75 Å². The number of alkyl halides is 6. The van der Waals surface area contributed by atoms with Crippen molar-refractivity contribution in [3.8, 4) is 5.75 Å². The van der Waals surface area contributed by atoms with Gasteiger partial charge in [-0.15, -0.1) is 0 Å². The molecule has 0 bridgehead atoms. The number of carbonyl (C=O) groups is 1. The van der Waals surface area contributed by atoms with Crippen LogP contribution in [0.25, 0.3) is 0 Å². The van der Waals surface area contributed by atoms with E-state index in [1.54, 1.807) is 24.3 Å². The van der Waals surface area contributed by atoms with Gasteiger partial charge in [0, 0.05) is 30.2 Å². The lowest BCUT2D eigenvalue weighted by Crippen LogP contribution is -2.46. The summed E-state index contributed by atoms with van der Waals surface area (Å²) in [6, 6.07) is 13.5. The second kappa shape index (κ2) is 9.89. The van der Waals surface area contributed by atoms with Crippen molar-refractivity contribution in [2.45, 2.75) is 25.0 Å². The molecule has 0 fully saturated rings. The van der Waals surface area contributed by atoms with E-state index in [9.17, 15) is 35.9 Å². The number of aromatic nitrogens is 1. The Kier molecular flexibility index (Phi) is 7.18. The number of H-pyrrole nitrogens is 1. The van der Waals surface area contributed by atoms with E-state index in [0.29, 0.717) is 12.2 Å². The highest BCUT2D eigenvalue weighted by molar-refractivity contribution is 6.08. The number of pyridine rings is 1. The smallest absolute Gasteiger partial charge is 0.434 e. The molecule has 1 aromatic heterocycles. The number of halogens is 6. The number of aromatic amines is 1. The van der Waals surface area contributed by atoms with E-state index in [0.717, 1.165) is 29.8 Å². The fourth-order valence-electron chi connectivity index (χ4n) is 2.86. The Labute approximate surface area is 188 Å². The van der Waals surface area contributed by atoms with Crippen LogP contribution in [0, 0.1) is 0 Å². The minimum Gasteiger partial charge on any atom is -0.471 e. The van der Waals surface area contributed by atoms with Gasteiger partial charge in [-0.3, -0.25) is 9.59 Å². The molecule has 0 saturated heterocycles. The summed E-state index contributed by atoms with van der Waals surface area (Å²) >= 11 is 0. The molecule has 180 valence electrons. The number of carbonyl (C=O) groups excluding carboxylic acids is 1. The van der Waals surface area contributed by atoms with Gasteiger partial charge in [-0.1, -0.05) is 18.2 Å². The zero-order valence-electron chi connectivity index (χ0n) is 17.1. The summed E-state index contributed by atoms with van der Waals surface area (Å²) in [5.41, 5.74) is 1.32. The molecular formula is C22H17F6N3O3. The number of anilines is 2. The fourth-order valence-corrected chi connectivity index (χ4v) is 2.86. The average Bonchev–Trinajstić information content (AvgIpc) is 2.77. The Hall–Kier alpha value is -3.96. The zero-order valence-corrected chi connectivity index (χ0v) is 17.1. The Morgan fingerprint density at radius 1 is 0.912 bits per heavy atom. The highest BCUT2D eigenvalue weighted by Crippen LogP contribution is 2.36. The maximum absolute atomic E-state index is 12.7. The minimum absolute atomic E-state index is 0.128. The van der Waals surface area contributed by atoms with Gasteiger partial charge in [-0.2, -0.15) is 26.3 Å². The zero-order chi connectivity index (χ0) is 24.9. The Balaban J connectivity index is 1.68. The summed E-state index contributed by atoms with van der Waals surface area (Å²) in [7, 11) is 0. The molecule has 34 heavy (non-hydrogen) atoms. The molecule has 3 rings (SSSR count). The molecule has 0 saturated carbocycles. The number of para-hydroxylation sites is 1. The van der Waals surface area contributed by atoms with Crippen LogP contribution in [-0.2, 0) is 6.54 Å². The lowest BCUT2D eigenvalue weighted by Gasteiger charge is -2.23. The van der Waals surface area contributed by atoms with Gasteiger partial charge in [-0.05, 0) is 42.0 Å². The number of hydrogen-bond donors (Lipinski definition) is 3. The molecular weight excluding hydrogens is 468 g/mol. The summed E-state index contributed by atoms with van der Waals surface area (Å²) < 4.78 is 80.0. The predicted octanol–water partition coefficient (Wildman–Crippen LogP) is 5.11. The first-order valence-corrected chi connectivity index (χ1v) is 9.65. The van der Waals surface area contributed by atoms with E-state index in [4.69, 9.17) is 0 Å². The number of rotatable bonds is 7. The molecule has 1 amide bonds. The molecule has 6 nitrogen and oxygen atoms in total. The second-order valence-corrected chi connectivity index (χ2v) is 7.02. The van der Waals surface area contributed by atoms with Gasteiger partial charge in [0.25, 0.3) is 12.0 Å². The van der Waals surface area contributed by atoms with E-state index in [1.165, 1.54) is 18.3 Å². The molecule has 0 aliphatic rings. The fraction of sp³-hybridized carbons (Fsp3) is 0.182. The number of hydrogen-bond acceptors (Lipinski definition) is 4. The van der Waals surface area contributed by atoms with Crippen LogP contribution in [0.15, 0.2) is 71.7 Å². The normalized spacial score (nSPS) is 11.9. The summed E-state index contributed by atoms with van der Waals surface area (Å²) in [5.74, 6) is -1.23. The van der Waals surface area contributed by atoms with Gasteiger partial charge in [0.05, 0.1) is 5.56 Å². The third kappa shape index (κ3) is 6.53. The van der Waals surface area contributed by atoms with Crippen molar-refractivity contribution in [3.63, 3.8) is 0 Å². The molecule has 1 heterocycles. The minimum atomic E-state index is -5.64. The maximum atomic E-state index is 12.7. The van der Waals surface area contributed by atoms with Crippen molar-refractivity contribution in [1.29, 1.82) is 0 Å². The Morgan fingerprint density at radius 2 is 1.56 bits per heavy atom. The summed E-state index contributed by atoms with van der Waals surface area (Å²) in [4.78, 5) is 26.4. The molecule has 0 spiro atoms. The lowest BCUT2D eigenvalue weighted by molar-refractivity contribution is -0.299. The van der Waals surface area contributed by atoms with Gasteiger partial charge in [0.2, 0.25) is 5.56 Å². The number of nitrogens with one attached hydrogen (secondary N) is 3. The average molecular weight is 485 g/mol. The Morgan fingerprint density at radius 3 is 2.15 bits per heavy atom. The molecule has 0 aliphatic heterocycles. The van der Waals surface area contributed by atoms with Crippen LogP contribution in [0.3, 0.4) is 0 Å². The summed E-state index contributed by atoms with van der Waals surface area (Å²) in [6.45, 7) is 0.298. The lowest BCUT2D eigenvalue weighted by atomic mass is 10.1. The molecule has 3 N–H and O–H groups in total. The van der Waals surface area contributed by atoms with Gasteiger partial charge in [0.1, 0.15) is 5.75 Å². The largest absolute Gasteiger partial charge is 0.471 e. The van der Waals surface area contributed by atoms with Gasteiger partial charge >= 0.3 is 12.4 Å².